The molecule has 10 rings (SSSR count). The molecule has 0 saturated heterocycles. The van der Waals surface area contributed by atoms with Crippen LogP contribution in [0.3, 0.4) is 0 Å². The monoisotopic (exact) mass is 636 g/mol. The maximum absolute atomic E-state index is 4.77. The lowest BCUT2D eigenvalue weighted by atomic mass is 9.82. The molecule has 0 fully saturated rings. The van der Waals surface area contributed by atoms with E-state index in [1.54, 1.807) is 6.20 Å². The highest BCUT2D eigenvalue weighted by atomic mass is 15.1. The van der Waals surface area contributed by atoms with Crippen LogP contribution in [-0.4, -0.2) is 20.2 Å². The molecule has 0 aliphatic heterocycles. The van der Waals surface area contributed by atoms with Crippen molar-refractivity contribution in [2.45, 2.75) is 0 Å². The maximum atomic E-state index is 4.77. The fourth-order valence-electron chi connectivity index (χ4n) is 7.67. The van der Waals surface area contributed by atoms with Gasteiger partial charge in [0.1, 0.15) is 0 Å². The minimum absolute atomic E-state index is 0.777. The Morgan fingerprint density at radius 1 is 0.300 bits per heavy atom. The highest BCUT2D eigenvalue weighted by Crippen LogP contribution is 2.58. The molecule has 3 aromatic heterocycles. The fourth-order valence-corrected chi connectivity index (χ4v) is 7.67. The minimum atomic E-state index is 0.777. The van der Waals surface area contributed by atoms with Crippen molar-refractivity contribution in [1.82, 2.24) is 20.2 Å². The molecule has 0 amide bonds. The highest BCUT2D eigenvalue weighted by Gasteiger charge is 2.31. The summed E-state index contributed by atoms with van der Waals surface area (Å²) in [6.45, 7) is 0. The summed E-state index contributed by atoms with van der Waals surface area (Å²) in [4.78, 5) is 9.06. The fraction of sp³-hybridized carbons (Fsp3) is 0. The van der Waals surface area contributed by atoms with E-state index in [1.807, 2.05) is 42.6 Å². The minimum Gasteiger partial charge on any atom is -0.255 e. The normalized spacial score (nSPS) is 11.6. The Labute approximate surface area is 289 Å². The second kappa shape index (κ2) is 11.4. The van der Waals surface area contributed by atoms with Gasteiger partial charge in [-0.05, 0) is 102 Å². The van der Waals surface area contributed by atoms with E-state index >= 15 is 0 Å². The van der Waals surface area contributed by atoms with Crippen molar-refractivity contribution in [3.63, 3.8) is 0 Å². The predicted octanol–water partition coefficient (Wildman–Crippen LogP) is 11.6. The third-order valence-electron chi connectivity index (χ3n) is 9.85. The van der Waals surface area contributed by atoms with Crippen molar-refractivity contribution in [1.29, 1.82) is 0 Å². The van der Waals surface area contributed by atoms with Gasteiger partial charge in [0.05, 0.1) is 22.8 Å². The van der Waals surface area contributed by atoms with Crippen molar-refractivity contribution in [3.8, 4) is 78.4 Å². The van der Waals surface area contributed by atoms with Crippen LogP contribution < -0.4 is 0 Å². The second-order valence-corrected chi connectivity index (χ2v) is 12.6. The molecule has 0 bridgehead atoms. The van der Waals surface area contributed by atoms with Gasteiger partial charge in [0, 0.05) is 23.5 Å². The van der Waals surface area contributed by atoms with Gasteiger partial charge in [0.25, 0.3) is 0 Å². The lowest BCUT2D eigenvalue weighted by Gasteiger charge is -2.20. The van der Waals surface area contributed by atoms with E-state index in [2.05, 4.69) is 136 Å². The number of hydrogen-bond acceptors (Lipinski definition) is 4. The lowest BCUT2D eigenvalue weighted by molar-refractivity contribution is 1.04. The Kier molecular flexibility index (Phi) is 6.46. The molecule has 0 radical (unpaired) electrons. The van der Waals surface area contributed by atoms with Crippen LogP contribution in [0.2, 0.25) is 0 Å². The summed E-state index contributed by atoms with van der Waals surface area (Å²) in [6, 6.07) is 55.7. The summed E-state index contributed by atoms with van der Waals surface area (Å²) in [5, 5.41) is 14.4. The van der Waals surface area contributed by atoms with Crippen LogP contribution in [0, 0.1) is 0 Å². The largest absolute Gasteiger partial charge is 0.255 e. The van der Waals surface area contributed by atoms with Gasteiger partial charge in [-0.15, -0.1) is 10.2 Å². The first-order valence-electron chi connectivity index (χ1n) is 16.8. The zero-order chi connectivity index (χ0) is 33.0. The highest BCUT2D eigenvalue weighted by molar-refractivity contribution is 6.28. The molecular weight excluding hydrogens is 609 g/mol. The molecule has 0 saturated carbocycles. The number of benzene rings is 6. The summed E-state index contributed by atoms with van der Waals surface area (Å²) in [5.41, 5.74) is 15.3. The van der Waals surface area contributed by atoms with Crippen molar-refractivity contribution in [3.05, 3.63) is 170 Å². The first-order chi connectivity index (χ1) is 24.8. The molecule has 1 aliphatic carbocycles. The molecule has 0 N–H and O–H groups in total. The number of pyridine rings is 2. The molecule has 9 aromatic rings. The zero-order valence-corrected chi connectivity index (χ0v) is 27.0. The Morgan fingerprint density at radius 2 is 0.860 bits per heavy atom. The van der Waals surface area contributed by atoms with Crippen LogP contribution in [0.15, 0.2) is 170 Å². The van der Waals surface area contributed by atoms with Crippen molar-refractivity contribution in [2.24, 2.45) is 0 Å². The van der Waals surface area contributed by atoms with Gasteiger partial charge in [-0.2, -0.15) is 0 Å². The summed E-state index contributed by atoms with van der Waals surface area (Å²) in [7, 11) is 0. The van der Waals surface area contributed by atoms with Gasteiger partial charge in [-0.25, -0.2) is 0 Å². The van der Waals surface area contributed by atoms with Crippen LogP contribution in [-0.2, 0) is 0 Å². The van der Waals surface area contributed by atoms with Crippen LogP contribution >= 0.6 is 0 Å². The second-order valence-electron chi connectivity index (χ2n) is 12.6. The Bertz CT molecular complexity index is 2610. The van der Waals surface area contributed by atoms with Gasteiger partial charge < -0.3 is 0 Å². The summed E-state index contributed by atoms with van der Waals surface area (Å²) in [6.07, 6.45) is 3.61. The van der Waals surface area contributed by atoms with Gasteiger partial charge in [0.15, 0.2) is 0 Å². The molecule has 3 heterocycles. The van der Waals surface area contributed by atoms with Gasteiger partial charge in [0.2, 0.25) is 0 Å². The molecule has 0 spiro atoms. The number of fused-ring (bicyclic) bond motifs is 4. The van der Waals surface area contributed by atoms with Gasteiger partial charge >= 0.3 is 0 Å². The molecule has 4 nitrogen and oxygen atoms in total. The Balaban J connectivity index is 1.15. The number of nitrogens with zero attached hydrogens (tertiary/aromatic N) is 4. The summed E-state index contributed by atoms with van der Waals surface area (Å²) >= 11 is 0. The van der Waals surface area contributed by atoms with E-state index in [1.165, 1.54) is 66.1 Å². The molecule has 1 aliphatic rings. The van der Waals surface area contributed by atoms with Gasteiger partial charge in [-0.1, -0.05) is 121 Å². The van der Waals surface area contributed by atoms with Crippen molar-refractivity contribution >= 4 is 21.5 Å². The Morgan fingerprint density at radius 3 is 1.48 bits per heavy atom. The average molecular weight is 637 g/mol. The van der Waals surface area contributed by atoms with Crippen molar-refractivity contribution in [2.75, 3.05) is 0 Å². The molecule has 6 aromatic carbocycles. The van der Waals surface area contributed by atoms with E-state index in [0.29, 0.717) is 0 Å². The van der Waals surface area contributed by atoms with E-state index in [9.17, 15) is 0 Å². The quantitative estimate of drug-likeness (QED) is 0.189. The summed E-state index contributed by atoms with van der Waals surface area (Å²) < 4.78 is 0. The molecule has 50 heavy (non-hydrogen) atoms. The van der Waals surface area contributed by atoms with E-state index in [4.69, 9.17) is 5.10 Å². The standard InChI is InChI=1S/C46H28N4/c1-3-12-29(13-4-1)42-34-16-7-8-17-35(34)43(30-14-5-2-6-15-30)46-37-23-22-32(33-18-11-19-36(44(33)37)45(42)46)39-26-25-38(49-50-39)31-21-24-41(48-28-31)40-20-9-10-27-47-40/h1-28H. The third kappa shape index (κ3) is 4.39. The van der Waals surface area contributed by atoms with Gasteiger partial charge in [-0.3, -0.25) is 9.97 Å². The molecular formula is C46H28N4. The molecule has 232 valence electrons. The Hall–Kier alpha value is -6.78. The van der Waals surface area contributed by atoms with Crippen LogP contribution in [0.5, 0.6) is 0 Å². The SMILES string of the molecule is c1ccc(-c2c3c(c(-c4ccccc4)c4ccccc24)-c2ccc(-c4ccc(-c5ccc(-c6ccccn6)nc5)nn4)c4cccc-3c24)cc1. The van der Waals surface area contributed by atoms with Crippen molar-refractivity contribution < 1.29 is 0 Å². The maximum Gasteiger partial charge on any atom is 0.0945 e. The molecule has 4 heteroatoms. The zero-order valence-electron chi connectivity index (χ0n) is 27.0. The molecule has 0 atom stereocenters. The first-order valence-corrected chi connectivity index (χ1v) is 16.8. The smallest absolute Gasteiger partial charge is 0.0945 e. The van der Waals surface area contributed by atoms with E-state index in [0.717, 1.165) is 33.9 Å². The summed E-state index contributed by atoms with van der Waals surface area (Å²) in [5.74, 6) is 0. The number of aromatic nitrogens is 4. The van der Waals surface area contributed by atoms with E-state index in [-0.39, 0.29) is 0 Å². The first kappa shape index (κ1) is 28.3. The molecule has 0 unspecified atom stereocenters. The number of rotatable bonds is 5. The van der Waals surface area contributed by atoms with Crippen LogP contribution in [0.25, 0.3) is 100.0 Å². The lowest BCUT2D eigenvalue weighted by Crippen LogP contribution is -1.93. The number of hydrogen-bond donors (Lipinski definition) is 0. The van der Waals surface area contributed by atoms with Crippen LogP contribution in [0.4, 0.5) is 0 Å². The predicted molar refractivity (Wildman–Crippen MR) is 204 cm³/mol. The van der Waals surface area contributed by atoms with Crippen LogP contribution in [0.1, 0.15) is 0 Å². The van der Waals surface area contributed by atoms with E-state index < -0.39 is 0 Å². The third-order valence-corrected chi connectivity index (χ3v) is 9.85. The topological polar surface area (TPSA) is 51.6 Å². The average Bonchev–Trinajstić information content (AvgIpc) is 3.53.